The van der Waals surface area contributed by atoms with Crippen LogP contribution in [0.1, 0.15) is 44.7 Å². The molecule has 0 amide bonds. The van der Waals surface area contributed by atoms with E-state index in [-0.39, 0.29) is 5.97 Å². The van der Waals surface area contributed by atoms with Crippen molar-refractivity contribution in [3.63, 3.8) is 0 Å². The predicted molar refractivity (Wildman–Crippen MR) is 84.6 cm³/mol. The Bertz CT molecular complexity index is 604. The summed E-state index contributed by atoms with van der Waals surface area (Å²) < 4.78 is 5.81. The maximum atomic E-state index is 11.7. The van der Waals surface area contributed by atoms with Crippen LogP contribution in [0.3, 0.4) is 0 Å². The molecule has 0 fully saturated rings. The van der Waals surface area contributed by atoms with Crippen LogP contribution in [0.2, 0.25) is 0 Å². The smallest absolute Gasteiger partial charge is 0.303 e. The van der Waals surface area contributed by atoms with Gasteiger partial charge in [0.15, 0.2) is 5.60 Å². The van der Waals surface area contributed by atoms with Crippen LogP contribution < -0.4 is 0 Å². The minimum Gasteiger partial charge on any atom is -0.449 e. The van der Waals surface area contributed by atoms with E-state index in [1.165, 1.54) is 12.5 Å². The molecule has 1 atom stereocenters. The van der Waals surface area contributed by atoms with Crippen molar-refractivity contribution in [2.75, 3.05) is 0 Å². The second-order valence-corrected chi connectivity index (χ2v) is 5.89. The molecule has 0 saturated heterocycles. The van der Waals surface area contributed by atoms with Crippen molar-refractivity contribution in [2.45, 2.75) is 45.6 Å². The van der Waals surface area contributed by atoms with Crippen molar-refractivity contribution in [3.8, 4) is 12.3 Å². The monoisotopic (exact) mass is 282 g/mol. The van der Waals surface area contributed by atoms with Gasteiger partial charge in [-0.05, 0) is 29.9 Å². The molecular formula is C19H22O2. The molecule has 21 heavy (non-hydrogen) atoms. The number of benzene rings is 1. The first kappa shape index (κ1) is 15.4. The summed E-state index contributed by atoms with van der Waals surface area (Å²) in [7, 11) is 0. The summed E-state index contributed by atoms with van der Waals surface area (Å²) in [5, 5.41) is 0. The highest BCUT2D eigenvalue weighted by molar-refractivity contribution is 5.68. The SMILES string of the molecule is C#CCC1(OC(C)=O)/C(=C\C(C)C)CCc2ccccc21. The second kappa shape index (κ2) is 6.18. The lowest BCUT2D eigenvalue weighted by atomic mass is 9.72. The Morgan fingerprint density at radius 1 is 1.43 bits per heavy atom. The van der Waals surface area contributed by atoms with E-state index in [4.69, 9.17) is 11.2 Å². The number of esters is 1. The molecule has 0 spiro atoms. The van der Waals surface area contributed by atoms with E-state index in [9.17, 15) is 4.79 Å². The number of rotatable bonds is 3. The largest absolute Gasteiger partial charge is 0.449 e. The molecule has 0 aromatic heterocycles. The molecule has 110 valence electrons. The minimum atomic E-state index is -0.792. The van der Waals surface area contributed by atoms with Crippen LogP contribution in [0.5, 0.6) is 0 Å². The van der Waals surface area contributed by atoms with Gasteiger partial charge in [0.2, 0.25) is 0 Å². The fraction of sp³-hybridized carbons (Fsp3) is 0.421. The lowest BCUT2D eigenvalue weighted by molar-refractivity contribution is -0.154. The number of allylic oxidation sites excluding steroid dienone is 1. The molecule has 2 nitrogen and oxygen atoms in total. The first-order valence-corrected chi connectivity index (χ1v) is 7.42. The number of hydrogen-bond donors (Lipinski definition) is 0. The zero-order valence-electron chi connectivity index (χ0n) is 13.0. The van der Waals surface area contributed by atoms with E-state index >= 15 is 0 Å². The molecule has 2 rings (SSSR count). The molecule has 2 heteroatoms. The highest BCUT2D eigenvalue weighted by Gasteiger charge is 2.42. The van der Waals surface area contributed by atoms with Crippen LogP contribution in [-0.4, -0.2) is 5.97 Å². The molecule has 0 heterocycles. The Hall–Kier alpha value is -2.01. The number of hydrogen-bond acceptors (Lipinski definition) is 2. The quantitative estimate of drug-likeness (QED) is 0.476. The Kier molecular flexibility index (Phi) is 4.53. The van der Waals surface area contributed by atoms with Gasteiger partial charge in [-0.1, -0.05) is 44.2 Å². The summed E-state index contributed by atoms with van der Waals surface area (Å²) in [6, 6.07) is 8.12. The third kappa shape index (κ3) is 3.03. The van der Waals surface area contributed by atoms with Gasteiger partial charge in [-0.2, -0.15) is 0 Å². The lowest BCUT2D eigenvalue weighted by Gasteiger charge is -2.40. The van der Waals surface area contributed by atoms with Gasteiger partial charge in [0.05, 0.1) is 6.42 Å². The van der Waals surface area contributed by atoms with Gasteiger partial charge in [-0.3, -0.25) is 4.79 Å². The van der Waals surface area contributed by atoms with Crippen LogP contribution in [0.4, 0.5) is 0 Å². The van der Waals surface area contributed by atoms with Crippen LogP contribution in [0.15, 0.2) is 35.9 Å². The van der Waals surface area contributed by atoms with Gasteiger partial charge in [-0.15, -0.1) is 12.3 Å². The van der Waals surface area contributed by atoms with Gasteiger partial charge in [0, 0.05) is 12.5 Å². The molecule has 1 unspecified atom stereocenters. The third-order valence-electron chi connectivity index (χ3n) is 3.84. The summed E-state index contributed by atoms with van der Waals surface area (Å²) in [5.41, 5.74) is 2.59. The first-order chi connectivity index (χ1) is 9.99. The molecule has 0 radical (unpaired) electrons. The van der Waals surface area contributed by atoms with Crippen molar-refractivity contribution in [1.29, 1.82) is 0 Å². The van der Waals surface area contributed by atoms with E-state index in [0.717, 1.165) is 24.0 Å². The second-order valence-electron chi connectivity index (χ2n) is 5.89. The van der Waals surface area contributed by atoms with E-state index < -0.39 is 5.60 Å². The van der Waals surface area contributed by atoms with Gasteiger partial charge in [0.25, 0.3) is 0 Å². The van der Waals surface area contributed by atoms with Gasteiger partial charge in [0.1, 0.15) is 0 Å². The molecule has 1 aromatic rings. The highest BCUT2D eigenvalue weighted by Crippen LogP contribution is 2.45. The summed E-state index contributed by atoms with van der Waals surface area (Å²) in [5.74, 6) is 2.80. The lowest BCUT2D eigenvalue weighted by Crippen LogP contribution is -2.38. The standard InChI is InChI=1S/C19H22O2/c1-5-12-19(21-15(4)20)17(13-14(2)3)11-10-16-8-6-7-9-18(16)19/h1,6-9,13-14H,10-12H2,2-4H3/b17-13-. The Morgan fingerprint density at radius 3 is 2.76 bits per heavy atom. The molecule has 0 bridgehead atoms. The highest BCUT2D eigenvalue weighted by atomic mass is 16.6. The number of carbonyl (C=O) groups excluding carboxylic acids is 1. The van der Waals surface area contributed by atoms with Crippen LogP contribution in [-0.2, 0) is 21.6 Å². The van der Waals surface area contributed by atoms with Crippen LogP contribution in [0.25, 0.3) is 0 Å². The van der Waals surface area contributed by atoms with E-state index in [1.807, 2.05) is 18.2 Å². The Labute approximate surface area is 127 Å². The summed E-state index contributed by atoms with van der Waals surface area (Å²) in [6.07, 6.45) is 10.0. The summed E-state index contributed by atoms with van der Waals surface area (Å²) >= 11 is 0. The van der Waals surface area contributed by atoms with Crippen molar-refractivity contribution in [2.24, 2.45) is 5.92 Å². The number of ether oxygens (including phenoxy) is 1. The fourth-order valence-electron chi connectivity index (χ4n) is 3.15. The predicted octanol–water partition coefficient (Wildman–Crippen LogP) is 4.00. The average Bonchev–Trinajstić information content (AvgIpc) is 2.41. The number of terminal acetylenes is 1. The Morgan fingerprint density at radius 2 is 2.14 bits per heavy atom. The van der Waals surface area contributed by atoms with Crippen molar-refractivity contribution < 1.29 is 9.53 Å². The molecule has 1 aliphatic rings. The molecule has 1 aliphatic carbocycles. The van der Waals surface area contributed by atoms with Crippen molar-refractivity contribution in [3.05, 3.63) is 47.0 Å². The van der Waals surface area contributed by atoms with Crippen molar-refractivity contribution >= 4 is 5.97 Å². The van der Waals surface area contributed by atoms with E-state index in [0.29, 0.717) is 12.3 Å². The average molecular weight is 282 g/mol. The molecule has 0 saturated carbocycles. The van der Waals surface area contributed by atoms with E-state index in [2.05, 4.69) is 31.9 Å². The van der Waals surface area contributed by atoms with Gasteiger partial charge >= 0.3 is 5.97 Å². The number of aryl methyl sites for hydroxylation is 1. The molecular weight excluding hydrogens is 260 g/mol. The summed E-state index contributed by atoms with van der Waals surface area (Å²) in [4.78, 5) is 11.7. The molecule has 1 aromatic carbocycles. The normalized spacial score (nSPS) is 22.7. The molecule has 0 aliphatic heterocycles. The zero-order chi connectivity index (χ0) is 15.5. The maximum absolute atomic E-state index is 11.7. The fourth-order valence-corrected chi connectivity index (χ4v) is 3.15. The number of fused-ring (bicyclic) bond motifs is 1. The molecule has 0 N–H and O–H groups in total. The third-order valence-corrected chi connectivity index (χ3v) is 3.84. The van der Waals surface area contributed by atoms with Crippen LogP contribution >= 0.6 is 0 Å². The van der Waals surface area contributed by atoms with Crippen molar-refractivity contribution in [1.82, 2.24) is 0 Å². The van der Waals surface area contributed by atoms with Crippen LogP contribution in [0, 0.1) is 18.3 Å². The zero-order valence-corrected chi connectivity index (χ0v) is 13.0. The van der Waals surface area contributed by atoms with Gasteiger partial charge in [-0.25, -0.2) is 0 Å². The first-order valence-electron chi connectivity index (χ1n) is 7.42. The van der Waals surface area contributed by atoms with Gasteiger partial charge < -0.3 is 4.74 Å². The van der Waals surface area contributed by atoms with E-state index in [1.54, 1.807) is 0 Å². The topological polar surface area (TPSA) is 26.3 Å². The minimum absolute atomic E-state index is 0.295. The maximum Gasteiger partial charge on any atom is 0.303 e. The Balaban J connectivity index is 2.65. The number of carbonyl (C=O) groups is 1. The summed E-state index contributed by atoms with van der Waals surface area (Å²) in [6.45, 7) is 5.70.